The number of carbonyl (C=O) groups excluding carboxylic acids is 1. The van der Waals surface area contributed by atoms with Gasteiger partial charge in [-0.05, 0) is 0 Å². The van der Waals surface area contributed by atoms with Gasteiger partial charge in [0.15, 0.2) is 5.78 Å². The summed E-state index contributed by atoms with van der Waals surface area (Å²) in [4.78, 5) is 11.8. The minimum absolute atomic E-state index is 0. The predicted molar refractivity (Wildman–Crippen MR) is 58.3 cm³/mol. The van der Waals surface area contributed by atoms with E-state index in [0.29, 0.717) is 0 Å². The first-order chi connectivity index (χ1) is 6.88. The molecule has 0 heterocycles. The van der Waals surface area contributed by atoms with Crippen LogP contribution in [0.25, 0.3) is 0 Å². The van der Waals surface area contributed by atoms with Gasteiger partial charge in [0, 0.05) is 11.1 Å². The van der Waals surface area contributed by atoms with Gasteiger partial charge in [0.25, 0.3) is 0 Å². The van der Waals surface area contributed by atoms with Gasteiger partial charge in [0.05, 0.1) is 0 Å². The monoisotopic (exact) mass is 199 g/mol. The molecule has 2 aromatic carbocycles. The molecule has 1 N–H and O–H groups in total. The molecule has 0 unspecified atom stereocenters. The third kappa shape index (κ3) is 2.51. The number of benzene rings is 2. The van der Waals surface area contributed by atoms with Crippen molar-refractivity contribution in [2.24, 2.45) is 0 Å². The summed E-state index contributed by atoms with van der Waals surface area (Å²) in [5.41, 5.74) is 1.47. The molecule has 0 atom stereocenters. The largest absolute Gasteiger partial charge is 0.289 e. The zero-order chi connectivity index (χ0) is 9.80. The second-order valence-electron chi connectivity index (χ2n) is 3.06. The number of hydrogen-bond acceptors (Lipinski definition) is 1. The minimum atomic E-state index is 0. The number of rotatable bonds is 2. The van der Waals surface area contributed by atoms with Gasteiger partial charge in [-0.1, -0.05) is 60.7 Å². The predicted octanol–water partition coefficient (Wildman–Crippen LogP) is 2.74. The fourth-order valence-corrected chi connectivity index (χ4v) is 1.35. The van der Waals surface area contributed by atoms with Crippen LogP contribution in [0.3, 0.4) is 0 Å². The Bertz CT molecular complexity index is 379. The van der Waals surface area contributed by atoms with Gasteiger partial charge in [-0.15, -0.1) is 0 Å². The Kier molecular flexibility index (Phi) is 3.77. The van der Waals surface area contributed by atoms with Crippen molar-refractivity contribution in [1.29, 1.82) is 0 Å². The molecule has 0 spiro atoms. The number of hydrogen-bond donors (Lipinski definition) is 1. The number of carbonyl (C=O) groups is 1. The average Bonchev–Trinajstić information content (AvgIpc) is 2.30. The molecule has 0 aliphatic rings. The zero-order valence-corrected chi connectivity index (χ0v) is 8.13. The van der Waals surface area contributed by atoms with E-state index in [-0.39, 0.29) is 11.3 Å². The fourth-order valence-electron chi connectivity index (χ4n) is 1.35. The quantitative estimate of drug-likeness (QED) is 0.743. The molecule has 0 saturated heterocycles. The van der Waals surface area contributed by atoms with Gasteiger partial charge in [0.1, 0.15) is 0 Å². The first-order valence-electron chi connectivity index (χ1n) is 4.53. The molecule has 0 fully saturated rings. The van der Waals surface area contributed by atoms with Crippen LogP contribution >= 0.6 is 0 Å². The standard InChI is InChI=1S/C13H10O.HO/c14-13(11-7-3-1-4-8-11)12-9-5-2-6-10-12;/h1-10H;1H. The molecular weight excluding hydrogens is 188 g/mol. The molecule has 0 saturated carbocycles. The van der Waals surface area contributed by atoms with Crippen LogP contribution in [0.15, 0.2) is 60.7 Å². The lowest BCUT2D eigenvalue weighted by molar-refractivity contribution is 0.103. The highest BCUT2D eigenvalue weighted by Gasteiger charge is 2.06. The Balaban J connectivity index is 0.00000112. The summed E-state index contributed by atoms with van der Waals surface area (Å²) in [5.74, 6) is 0.0752. The summed E-state index contributed by atoms with van der Waals surface area (Å²) in [6.45, 7) is 0. The van der Waals surface area contributed by atoms with Crippen molar-refractivity contribution < 1.29 is 10.3 Å². The Hall–Kier alpha value is -1.93. The third-order valence-electron chi connectivity index (χ3n) is 2.07. The Morgan fingerprint density at radius 1 is 0.667 bits per heavy atom. The lowest BCUT2D eigenvalue weighted by Crippen LogP contribution is -1.99. The van der Waals surface area contributed by atoms with E-state index in [0.717, 1.165) is 11.1 Å². The van der Waals surface area contributed by atoms with E-state index in [4.69, 9.17) is 0 Å². The maximum atomic E-state index is 11.8. The minimum Gasteiger partial charge on any atom is -0.289 e. The fraction of sp³-hybridized carbons (Fsp3) is 0. The van der Waals surface area contributed by atoms with Crippen molar-refractivity contribution >= 4 is 5.78 Å². The molecule has 2 nitrogen and oxygen atoms in total. The van der Waals surface area contributed by atoms with Crippen LogP contribution in [0.5, 0.6) is 0 Å². The van der Waals surface area contributed by atoms with Gasteiger partial charge in [0.2, 0.25) is 0 Å². The van der Waals surface area contributed by atoms with Crippen LogP contribution in [0.1, 0.15) is 15.9 Å². The highest BCUT2D eigenvalue weighted by Crippen LogP contribution is 2.08. The second-order valence-corrected chi connectivity index (χ2v) is 3.06. The first kappa shape index (κ1) is 11.1. The molecule has 75 valence electrons. The van der Waals surface area contributed by atoms with Crippen LogP contribution in [0, 0.1) is 0 Å². The second kappa shape index (κ2) is 5.08. The maximum absolute atomic E-state index is 11.8. The van der Waals surface area contributed by atoms with Gasteiger partial charge >= 0.3 is 0 Å². The summed E-state index contributed by atoms with van der Waals surface area (Å²) in [7, 11) is 0. The van der Waals surface area contributed by atoms with Gasteiger partial charge < -0.3 is 0 Å². The Morgan fingerprint density at radius 3 is 1.33 bits per heavy atom. The topological polar surface area (TPSA) is 47.1 Å². The van der Waals surface area contributed by atoms with Crippen LogP contribution in [0.4, 0.5) is 0 Å². The highest BCUT2D eigenvalue weighted by atomic mass is 16.1. The van der Waals surface area contributed by atoms with Crippen molar-refractivity contribution in [3.63, 3.8) is 0 Å². The average molecular weight is 199 g/mol. The van der Waals surface area contributed by atoms with E-state index in [9.17, 15) is 4.79 Å². The van der Waals surface area contributed by atoms with Gasteiger partial charge in [-0.2, -0.15) is 0 Å². The smallest absolute Gasteiger partial charge is 0.193 e. The van der Waals surface area contributed by atoms with E-state index in [1.165, 1.54) is 0 Å². The van der Waals surface area contributed by atoms with Crippen molar-refractivity contribution in [3.8, 4) is 0 Å². The van der Waals surface area contributed by atoms with E-state index >= 15 is 0 Å². The lowest BCUT2D eigenvalue weighted by atomic mass is 10.0. The zero-order valence-electron chi connectivity index (χ0n) is 8.13. The van der Waals surface area contributed by atoms with Crippen molar-refractivity contribution in [2.45, 2.75) is 0 Å². The molecule has 0 aromatic heterocycles. The molecule has 0 bridgehead atoms. The molecule has 2 aromatic rings. The molecule has 15 heavy (non-hydrogen) atoms. The van der Waals surface area contributed by atoms with Gasteiger partial charge in [-0.25, -0.2) is 0 Å². The van der Waals surface area contributed by atoms with Crippen LogP contribution in [-0.4, -0.2) is 11.3 Å². The SMILES string of the molecule is O=C(c1ccccc1)c1ccccc1.[OH]. The van der Waals surface area contributed by atoms with E-state index in [2.05, 4.69) is 0 Å². The Morgan fingerprint density at radius 2 is 1.00 bits per heavy atom. The summed E-state index contributed by atoms with van der Waals surface area (Å²) in [6, 6.07) is 18.6. The van der Waals surface area contributed by atoms with Crippen molar-refractivity contribution in [2.75, 3.05) is 0 Å². The summed E-state index contributed by atoms with van der Waals surface area (Å²) in [5, 5.41) is 0. The molecule has 2 rings (SSSR count). The van der Waals surface area contributed by atoms with Gasteiger partial charge in [-0.3, -0.25) is 10.3 Å². The maximum Gasteiger partial charge on any atom is 0.193 e. The summed E-state index contributed by atoms with van der Waals surface area (Å²) >= 11 is 0. The Labute approximate surface area is 88.5 Å². The summed E-state index contributed by atoms with van der Waals surface area (Å²) < 4.78 is 0. The molecule has 0 amide bonds. The van der Waals surface area contributed by atoms with E-state index in [1.807, 2.05) is 60.7 Å². The molecule has 0 aliphatic carbocycles. The van der Waals surface area contributed by atoms with Crippen molar-refractivity contribution in [1.82, 2.24) is 0 Å². The van der Waals surface area contributed by atoms with Crippen LogP contribution in [-0.2, 0) is 0 Å². The first-order valence-corrected chi connectivity index (χ1v) is 4.53. The third-order valence-corrected chi connectivity index (χ3v) is 2.07. The van der Waals surface area contributed by atoms with Crippen LogP contribution < -0.4 is 0 Å². The normalized spacial score (nSPS) is 9.07. The van der Waals surface area contributed by atoms with Crippen LogP contribution in [0.2, 0.25) is 0 Å². The lowest BCUT2D eigenvalue weighted by Gasteiger charge is -1.99. The highest BCUT2D eigenvalue weighted by molar-refractivity contribution is 6.08. The number of ketones is 1. The van der Waals surface area contributed by atoms with E-state index in [1.54, 1.807) is 0 Å². The van der Waals surface area contributed by atoms with Crippen molar-refractivity contribution in [3.05, 3.63) is 71.8 Å². The summed E-state index contributed by atoms with van der Waals surface area (Å²) in [6.07, 6.45) is 0. The molecule has 1 radical (unpaired) electrons. The molecular formula is C13H11O2. The van der Waals surface area contributed by atoms with E-state index < -0.39 is 0 Å². The molecule has 2 heteroatoms. The molecule has 0 aliphatic heterocycles.